The molecule has 1 aliphatic rings. The highest BCUT2D eigenvalue weighted by atomic mass is 35.5. The molecule has 2 heterocycles. The van der Waals surface area contributed by atoms with Crippen LogP contribution in [-0.2, 0) is 30.8 Å². The number of nitrogens with one attached hydrogen (secondary N) is 1. The fourth-order valence-corrected chi connectivity index (χ4v) is 5.88. The van der Waals surface area contributed by atoms with Gasteiger partial charge in [-0.25, -0.2) is 4.39 Å². The van der Waals surface area contributed by atoms with E-state index in [1.165, 1.54) is 46.2 Å². The third-order valence-electron chi connectivity index (χ3n) is 5.24. The molecule has 11 heteroatoms. The van der Waals surface area contributed by atoms with Gasteiger partial charge in [0, 0.05) is 17.5 Å². The summed E-state index contributed by atoms with van der Waals surface area (Å²) >= 11 is 8.56. The first kappa shape index (κ1) is 23.5. The molecular weight excluding hydrogens is 485 g/mol. The predicted octanol–water partition coefficient (Wildman–Crippen LogP) is 5.21. The van der Waals surface area contributed by atoms with Crippen molar-refractivity contribution in [3.8, 4) is 11.8 Å². The molecule has 0 spiro atoms. The molecule has 0 bridgehead atoms. The van der Waals surface area contributed by atoms with Crippen LogP contribution >= 0.6 is 34.7 Å². The fraction of sp³-hybridized carbons (Fsp3) is 0.364. The van der Waals surface area contributed by atoms with Crippen molar-refractivity contribution in [3.63, 3.8) is 0 Å². The molecule has 0 saturated carbocycles. The molecule has 1 aliphatic carbocycles. The average Bonchev–Trinajstić information content (AvgIpc) is 3.38. The van der Waals surface area contributed by atoms with Gasteiger partial charge in [0.2, 0.25) is 5.91 Å². The Kier molecular flexibility index (Phi) is 7.53. The number of hydrogen-bond acceptors (Lipinski definition) is 7. The smallest absolute Gasteiger partial charge is 0.235 e. The van der Waals surface area contributed by atoms with E-state index in [0.29, 0.717) is 33.8 Å². The fourth-order valence-electron chi connectivity index (χ4n) is 3.63. The normalized spacial score (nSPS) is 12.8. The summed E-state index contributed by atoms with van der Waals surface area (Å²) in [6, 6.07) is 6.39. The zero-order chi connectivity index (χ0) is 23.4. The van der Waals surface area contributed by atoms with Crippen LogP contribution in [0.25, 0.3) is 0 Å². The Labute approximate surface area is 203 Å². The summed E-state index contributed by atoms with van der Waals surface area (Å²) < 4.78 is 20.8. The van der Waals surface area contributed by atoms with Gasteiger partial charge in [-0.3, -0.25) is 4.79 Å². The van der Waals surface area contributed by atoms with Crippen molar-refractivity contribution in [2.45, 2.75) is 50.9 Å². The zero-order valence-electron chi connectivity index (χ0n) is 17.9. The number of ether oxygens (including phenoxy) is 1. The van der Waals surface area contributed by atoms with Crippen molar-refractivity contribution in [3.05, 3.63) is 50.9 Å². The molecule has 0 radical (unpaired) electrons. The van der Waals surface area contributed by atoms with E-state index in [1.54, 1.807) is 0 Å². The maximum atomic E-state index is 13.3. The predicted molar refractivity (Wildman–Crippen MR) is 126 cm³/mol. The number of thiophene rings is 1. The van der Waals surface area contributed by atoms with Crippen LogP contribution in [0.5, 0.6) is 5.75 Å². The summed E-state index contributed by atoms with van der Waals surface area (Å²) in [5.41, 5.74) is 1.69. The van der Waals surface area contributed by atoms with Crippen LogP contribution in [0.2, 0.25) is 5.02 Å². The Bertz CT molecular complexity index is 1220. The number of nitrogens with zero attached hydrogens (tertiary/aromatic N) is 4. The van der Waals surface area contributed by atoms with E-state index in [4.69, 9.17) is 16.3 Å². The van der Waals surface area contributed by atoms with E-state index in [-0.39, 0.29) is 23.3 Å². The Balaban J connectivity index is 1.37. The van der Waals surface area contributed by atoms with Gasteiger partial charge in [0.15, 0.2) is 11.0 Å². The van der Waals surface area contributed by atoms with E-state index < -0.39 is 5.82 Å². The van der Waals surface area contributed by atoms with E-state index in [9.17, 15) is 14.4 Å². The Morgan fingerprint density at radius 2 is 2.21 bits per heavy atom. The van der Waals surface area contributed by atoms with Crippen molar-refractivity contribution in [2.75, 3.05) is 11.1 Å². The molecule has 33 heavy (non-hydrogen) atoms. The summed E-state index contributed by atoms with van der Waals surface area (Å²) in [5.74, 6) is 0.438. The molecule has 1 amide bonds. The molecule has 0 saturated heterocycles. The Morgan fingerprint density at radius 1 is 1.39 bits per heavy atom. The quantitative estimate of drug-likeness (QED) is 0.422. The van der Waals surface area contributed by atoms with Gasteiger partial charge in [0.1, 0.15) is 29.2 Å². The number of rotatable bonds is 8. The summed E-state index contributed by atoms with van der Waals surface area (Å²) in [4.78, 5) is 13.8. The lowest BCUT2D eigenvalue weighted by atomic mass is 9.96. The number of fused-ring (bicyclic) bond motifs is 1. The number of nitriles is 1. The summed E-state index contributed by atoms with van der Waals surface area (Å²) in [7, 11) is 0. The van der Waals surface area contributed by atoms with Gasteiger partial charge in [-0.1, -0.05) is 23.4 Å². The monoisotopic (exact) mass is 505 g/mol. The lowest BCUT2D eigenvalue weighted by Crippen LogP contribution is -2.15. The molecule has 0 aliphatic heterocycles. The van der Waals surface area contributed by atoms with Crippen LogP contribution in [0.1, 0.15) is 41.6 Å². The van der Waals surface area contributed by atoms with E-state index in [2.05, 4.69) is 21.6 Å². The van der Waals surface area contributed by atoms with Crippen LogP contribution in [0.4, 0.5) is 9.39 Å². The minimum atomic E-state index is -0.512. The first-order chi connectivity index (χ1) is 16.0. The van der Waals surface area contributed by atoms with Crippen LogP contribution in [0, 0.1) is 17.1 Å². The molecular formula is C22H21ClFN5O2S2. The Hall–Kier alpha value is -2.61. The van der Waals surface area contributed by atoms with Crippen LogP contribution in [-0.4, -0.2) is 26.4 Å². The molecule has 1 aromatic carbocycles. The number of aromatic nitrogens is 3. The number of thioether (sulfide) groups is 1. The minimum absolute atomic E-state index is 0.0159. The highest BCUT2D eigenvalue weighted by Gasteiger charge is 2.22. The number of anilines is 1. The molecule has 7 nitrogen and oxygen atoms in total. The maximum Gasteiger partial charge on any atom is 0.235 e. The number of amides is 1. The van der Waals surface area contributed by atoms with E-state index in [0.717, 1.165) is 31.2 Å². The lowest BCUT2D eigenvalue weighted by molar-refractivity contribution is -0.113. The molecule has 0 fully saturated rings. The van der Waals surface area contributed by atoms with Gasteiger partial charge in [-0.2, -0.15) is 5.26 Å². The highest BCUT2D eigenvalue weighted by Crippen LogP contribution is 2.37. The molecule has 172 valence electrons. The number of hydrogen-bond donors (Lipinski definition) is 1. The van der Waals surface area contributed by atoms with Crippen molar-refractivity contribution in [2.24, 2.45) is 0 Å². The largest absolute Gasteiger partial charge is 0.486 e. The van der Waals surface area contributed by atoms with Gasteiger partial charge in [0.25, 0.3) is 0 Å². The third-order valence-corrected chi connectivity index (χ3v) is 7.70. The number of aryl methyl sites for hydroxylation is 1. The second-order valence-corrected chi connectivity index (χ2v) is 9.83. The number of benzene rings is 1. The molecule has 0 atom stereocenters. The highest BCUT2D eigenvalue weighted by molar-refractivity contribution is 7.99. The maximum absolute atomic E-state index is 13.3. The van der Waals surface area contributed by atoms with E-state index in [1.807, 2.05) is 11.5 Å². The minimum Gasteiger partial charge on any atom is -0.486 e. The second kappa shape index (κ2) is 10.5. The van der Waals surface area contributed by atoms with Gasteiger partial charge >= 0.3 is 0 Å². The molecule has 1 N–H and O–H groups in total. The van der Waals surface area contributed by atoms with Crippen molar-refractivity contribution in [1.29, 1.82) is 5.26 Å². The molecule has 2 aromatic heterocycles. The Morgan fingerprint density at radius 3 is 2.97 bits per heavy atom. The third kappa shape index (κ3) is 5.32. The number of carbonyl (C=O) groups is 1. The van der Waals surface area contributed by atoms with Gasteiger partial charge in [0.05, 0.1) is 16.3 Å². The lowest BCUT2D eigenvalue weighted by Gasteiger charge is -2.09. The summed E-state index contributed by atoms with van der Waals surface area (Å²) in [5, 5.41) is 22.0. The molecule has 3 aromatic rings. The topological polar surface area (TPSA) is 92.8 Å². The average molecular weight is 506 g/mol. The SMILES string of the molecule is CCn1c(COc2ccc(F)c(Cl)c2)nnc1SCC(=O)Nc1sc2c(c1C#N)CCCC2. The number of halogens is 2. The van der Waals surface area contributed by atoms with Crippen LogP contribution in [0.3, 0.4) is 0 Å². The second-order valence-electron chi connectivity index (χ2n) is 7.37. The first-order valence-electron chi connectivity index (χ1n) is 10.5. The van der Waals surface area contributed by atoms with Crippen molar-refractivity contribution in [1.82, 2.24) is 14.8 Å². The standard InChI is InChI=1S/C22H21ClFN5O2S2/c1-2-29-19(11-31-13-7-8-17(24)16(23)9-13)27-28-22(29)32-12-20(30)26-21-15(10-25)14-5-3-4-6-18(14)33-21/h7-9H,2-6,11-12H2,1H3,(H,26,30). The zero-order valence-corrected chi connectivity index (χ0v) is 20.2. The van der Waals surface area contributed by atoms with Crippen molar-refractivity contribution >= 4 is 45.6 Å². The molecule has 0 unspecified atom stereocenters. The van der Waals surface area contributed by atoms with Gasteiger partial charge in [-0.05, 0) is 50.3 Å². The van der Waals surface area contributed by atoms with Crippen molar-refractivity contribution < 1.29 is 13.9 Å². The van der Waals surface area contributed by atoms with Gasteiger partial charge < -0.3 is 14.6 Å². The summed E-state index contributed by atoms with van der Waals surface area (Å²) in [6.07, 6.45) is 4.06. The van der Waals surface area contributed by atoms with Crippen LogP contribution in [0.15, 0.2) is 23.4 Å². The van der Waals surface area contributed by atoms with Gasteiger partial charge in [-0.15, -0.1) is 21.5 Å². The summed E-state index contributed by atoms with van der Waals surface area (Å²) in [6.45, 7) is 2.67. The molecule has 4 rings (SSSR count). The first-order valence-corrected chi connectivity index (χ1v) is 12.6. The van der Waals surface area contributed by atoms with E-state index >= 15 is 0 Å². The number of carbonyl (C=O) groups excluding carboxylic acids is 1. The van der Waals surface area contributed by atoms with Crippen LogP contribution < -0.4 is 10.1 Å².